The number of nitrogens with one attached hydrogen (secondary N) is 1. The molecule has 6 nitrogen and oxygen atoms in total. The SMILES string of the molecule is CC(C)CC(NS(=O)(=O)c1ccc2ncccc2c1)C(=O)O. The Hall–Kier alpha value is -1.99. The zero-order chi connectivity index (χ0) is 16.3. The molecule has 2 N–H and O–H groups in total. The van der Waals surface area contributed by atoms with Crippen LogP contribution in [0.1, 0.15) is 20.3 Å². The van der Waals surface area contributed by atoms with Crippen LogP contribution in [0.4, 0.5) is 0 Å². The number of benzene rings is 1. The van der Waals surface area contributed by atoms with Crippen LogP contribution < -0.4 is 4.72 Å². The van der Waals surface area contributed by atoms with Crippen LogP contribution in [0.3, 0.4) is 0 Å². The van der Waals surface area contributed by atoms with Gasteiger partial charge in [-0.05, 0) is 36.6 Å². The number of carboxylic acids is 1. The van der Waals surface area contributed by atoms with E-state index in [1.807, 2.05) is 13.8 Å². The van der Waals surface area contributed by atoms with Crippen LogP contribution in [0.5, 0.6) is 0 Å². The van der Waals surface area contributed by atoms with E-state index < -0.39 is 22.0 Å². The summed E-state index contributed by atoms with van der Waals surface area (Å²) in [5.74, 6) is -1.12. The molecular formula is C15H18N2O4S. The molecule has 2 rings (SSSR count). The van der Waals surface area contributed by atoms with Crippen LogP contribution in [0.25, 0.3) is 10.9 Å². The second-order valence-corrected chi connectivity index (χ2v) is 7.21. The third kappa shape index (κ3) is 3.80. The zero-order valence-corrected chi connectivity index (χ0v) is 13.2. The number of carboxylic acid groups (broad SMARTS) is 1. The second-order valence-electron chi connectivity index (χ2n) is 5.50. The minimum Gasteiger partial charge on any atom is -0.480 e. The van der Waals surface area contributed by atoms with E-state index in [1.165, 1.54) is 12.1 Å². The normalized spacial score (nSPS) is 13.4. The topological polar surface area (TPSA) is 96.4 Å². The number of hydrogen-bond acceptors (Lipinski definition) is 4. The summed E-state index contributed by atoms with van der Waals surface area (Å²) in [6, 6.07) is 6.83. The van der Waals surface area contributed by atoms with Crippen molar-refractivity contribution in [2.75, 3.05) is 0 Å². The highest BCUT2D eigenvalue weighted by Crippen LogP contribution is 2.18. The number of nitrogens with zero attached hydrogens (tertiary/aromatic N) is 1. The van der Waals surface area contributed by atoms with Crippen LogP contribution in [-0.2, 0) is 14.8 Å². The Morgan fingerprint density at radius 1 is 1.32 bits per heavy atom. The molecular weight excluding hydrogens is 304 g/mol. The molecule has 0 radical (unpaired) electrons. The van der Waals surface area contributed by atoms with Crippen molar-refractivity contribution < 1.29 is 18.3 Å². The highest BCUT2D eigenvalue weighted by Gasteiger charge is 2.26. The van der Waals surface area contributed by atoms with Crippen molar-refractivity contribution in [1.29, 1.82) is 0 Å². The average Bonchev–Trinajstić information content (AvgIpc) is 2.45. The van der Waals surface area contributed by atoms with Gasteiger partial charge in [0.05, 0.1) is 10.4 Å². The standard InChI is InChI=1S/C15H18N2O4S/c1-10(2)8-14(15(18)19)17-22(20,21)12-5-6-13-11(9-12)4-3-7-16-13/h3-7,9-10,14,17H,8H2,1-2H3,(H,18,19). The zero-order valence-electron chi connectivity index (χ0n) is 12.4. The molecule has 7 heteroatoms. The van der Waals surface area contributed by atoms with Gasteiger partial charge in [-0.2, -0.15) is 4.72 Å². The largest absolute Gasteiger partial charge is 0.480 e. The van der Waals surface area contributed by atoms with Gasteiger partial charge in [-0.25, -0.2) is 8.42 Å². The van der Waals surface area contributed by atoms with E-state index in [0.717, 1.165) is 0 Å². The van der Waals surface area contributed by atoms with E-state index in [2.05, 4.69) is 9.71 Å². The highest BCUT2D eigenvalue weighted by atomic mass is 32.2. The molecule has 0 aliphatic heterocycles. The van der Waals surface area contributed by atoms with Crippen molar-refractivity contribution >= 4 is 26.9 Å². The Balaban J connectivity index is 2.33. The molecule has 2 aromatic rings. The van der Waals surface area contributed by atoms with Gasteiger partial charge in [0.25, 0.3) is 0 Å². The van der Waals surface area contributed by atoms with Crippen molar-refractivity contribution in [1.82, 2.24) is 9.71 Å². The Bertz CT molecular complexity index is 787. The predicted molar refractivity (Wildman–Crippen MR) is 82.9 cm³/mol. The molecule has 0 spiro atoms. The smallest absolute Gasteiger partial charge is 0.321 e. The lowest BCUT2D eigenvalue weighted by molar-refractivity contribution is -0.139. The van der Waals surface area contributed by atoms with Crippen molar-refractivity contribution in [3.05, 3.63) is 36.5 Å². The molecule has 118 valence electrons. The number of fused-ring (bicyclic) bond motifs is 1. The minimum atomic E-state index is -3.90. The fourth-order valence-corrected chi connectivity index (χ4v) is 3.38. The lowest BCUT2D eigenvalue weighted by Gasteiger charge is -2.16. The van der Waals surface area contributed by atoms with Crippen molar-refractivity contribution in [2.45, 2.75) is 31.2 Å². The van der Waals surface area contributed by atoms with E-state index in [0.29, 0.717) is 10.9 Å². The third-order valence-corrected chi connectivity index (χ3v) is 4.66. The van der Waals surface area contributed by atoms with Crippen LogP contribution in [0.2, 0.25) is 0 Å². The fraction of sp³-hybridized carbons (Fsp3) is 0.333. The van der Waals surface area contributed by atoms with Gasteiger partial charge in [-0.15, -0.1) is 0 Å². The molecule has 0 aliphatic carbocycles. The van der Waals surface area contributed by atoms with Crippen LogP contribution in [0.15, 0.2) is 41.4 Å². The Labute approximate surface area is 129 Å². The Kier molecular flexibility index (Phi) is 4.77. The molecule has 0 saturated heterocycles. The molecule has 1 unspecified atom stereocenters. The summed E-state index contributed by atoms with van der Waals surface area (Å²) < 4.78 is 27.0. The van der Waals surface area contributed by atoms with Gasteiger partial charge in [0.15, 0.2) is 0 Å². The fourth-order valence-electron chi connectivity index (χ4n) is 2.15. The molecule has 0 amide bonds. The molecule has 0 fully saturated rings. The summed E-state index contributed by atoms with van der Waals surface area (Å²) >= 11 is 0. The van der Waals surface area contributed by atoms with Gasteiger partial charge < -0.3 is 5.11 Å². The quantitative estimate of drug-likeness (QED) is 0.848. The van der Waals surface area contributed by atoms with Crippen molar-refractivity contribution in [3.63, 3.8) is 0 Å². The summed E-state index contributed by atoms with van der Waals surface area (Å²) in [4.78, 5) is 15.4. The van der Waals surface area contributed by atoms with Gasteiger partial charge in [-0.3, -0.25) is 9.78 Å². The molecule has 0 bridgehead atoms. The van der Waals surface area contributed by atoms with E-state index >= 15 is 0 Å². The summed E-state index contributed by atoms with van der Waals surface area (Å²) in [6.45, 7) is 3.68. The van der Waals surface area contributed by atoms with Gasteiger partial charge in [0.1, 0.15) is 6.04 Å². The Morgan fingerprint density at radius 2 is 2.05 bits per heavy atom. The van der Waals surface area contributed by atoms with Crippen molar-refractivity contribution in [3.8, 4) is 0 Å². The molecule has 1 aromatic heterocycles. The summed E-state index contributed by atoms with van der Waals surface area (Å²) in [5.41, 5.74) is 0.679. The first kappa shape index (κ1) is 16.4. The first-order chi connectivity index (χ1) is 10.3. The maximum atomic E-state index is 12.4. The number of aromatic nitrogens is 1. The highest BCUT2D eigenvalue weighted by molar-refractivity contribution is 7.89. The number of sulfonamides is 1. The van der Waals surface area contributed by atoms with Crippen LogP contribution >= 0.6 is 0 Å². The number of hydrogen-bond donors (Lipinski definition) is 2. The molecule has 0 aliphatic rings. The monoisotopic (exact) mass is 322 g/mol. The Morgan fingerprint density at radius 3 is 2.68 bits per heavy atom. The third-order valence-electron chi connectivity index (χ3n) is 3.19. The average molecular weight is 322 g/mol. The maximum absolute atomic E-state index is 12.4. The lowest BCUT2D eigenvalue weighted by atomic mass is 10.1. The molecule has 1 heterocycles. The van der Waals surface area contributed by atoms with E-state index in [4.69, 9.17) is 5.11 Å². The first-order valence-corrected chi connectivity index (χ1v) is 8.38. The van der Waals surface area contributed by atoms with Crippen LogP contribution in [0, 0.1) is 5.92 Å². The van der Waals surface area contributed by atoms with Crippen molar-refractivity contribution in [2.24, 2.45) is 5.92 Å². The molecule has 22 heavy (non-hydrogen) atoms. The van der Waals surface area contributed by atoms with Gasteiger partial charge in [-0.1, -0.05) is 19.9 Å². The van der Waals surface area contributed by atoms with Gasteiger partial charge in [0, 0.05) is 11.6 Å². The number of rotatable bonds is 6. The number of carbonyl (C=O) groups is 1. The second kappa shape index (κ2) is 6.41. The molecule has 1 aromatic carbocycles. The number of pyridine rings is 1. The van der Waals surface area contributed by atoms with Gasteiger partial charge >= 0.3 is 5.97 Å². The lowest BCUT2D eigenvalue weighted by Crippen LogP contribution is -2.41. The predicted octanol–water partition coefficient (Wildman–Crippen LogP) is 2.01. The molecule has 1 atom stereocenters. The molecule has 0 saturated carbocycles. The van der Waals surface area contributed by atoms with E-state index in [9.17, 15) is 13.2 Å². The summed E-state index contributed by atoms with van der Waals surface area (Å²) in [5, 5.41) is 9.85. The maximum Gasteiger partial charge on any atom is 0.321 e. The summed E-state index contributed by atoms with van der Waals surface area (Å²) in [7, 11) is -3.90. The van der Waals surface area contributed by atoms with Gasteiger partial charge in [0.2, 0.25) is 10.0 Å². The van der Waals surface area contributed by atoms with E-state index in [1.54, 1.807) is 24.4 Å². The van der Waals surface area contributed by atoms with E-state index in [-0.39, 0.29) is 17.2 Å². The first-order valence-electron chi connectivity index (χ1n) is 6.89. The number of aliphatic carboxylic acids is 1. The minimum absolute atomic E-state index is 0.0306. The van der Waals surface area contributed by atoms with Crippen LogP contribution in [-0.4, -0.2) is 30.5 Å². The summed E-state index contributed by atoms with van der Waals surface area (Å²) in [6.07, 6.45) is 1.85.